The summed E-state index contributed by atoms with van der Waals surface area (Å²) in [7, 11) is 1.89. The number of nitrogens with zero attached hydrogens (tertiary/aromatic N) is 4. The molecule has 2 aromatic heterocycles. The summed E-state index contributed by atoms with van der Waals surface area (Å²) in [6, 6.07) is 1.78. The van der Waals surface area contributed by atoms with Crippen LogP contribution < -0.4 is 0 Å². The molecule has 6 nitrogen and oxygen atoms in total. The molecule has 7 heteroatoms. The van der Waals surface area contributed by atoms with E-state index < -0.39 is 5.97 Å². The topological polar surface area (TPSA) is 80.9 Å². The fourth-order valence-electron chi connectivity index (χ4n) is 1.88. The van der Waals surface area contributed by atoms with Gasteiger partial charge in [-0.3, -0.25) is 0 Å². The molecule has 2 rings (SSSR count). The van der Waals surface area contributed by atoms with E-state index >= 15 is 0 Å². The third-order valence-electron chi connectivity index (χ3n) is 3.05. The second-order valence-corrected chi connectivity index (χ2v) is 5.54. The molecule has 0 atom stereocenters. The quantitative estimate of drug-likeness (QED) is 0.869. The highest BCUT2D eigenvalue weighted by atomic mass is 32.2. The van der Waals surface area contributed by atoms with Gasteiger partial charge in [0.2, 0.25) is 0 Å². The van der Waals surface area contributed by atoms with Crippen molar-refractivity contribution in [1.82, 2.24) is 19.7 Å². The number of aromatic carboxylic acids is 1. The maximum Gasteiger partial charge on any atom is 0.338 e. The van der Waals surface area contributed by atoms with Gasteiger partial charge in [0.05, 0.1) is 11.3 Å². The number of thioether (sulfide) groups is 1. The lowest BCUT2D eigenvalue weighted by Crippen LogP contribution is -2.06. The fourth-order valence-corrected chi connectivity index (χ4v) is 3.00. The van der Waals surface area contributed by atoms with Gasteiger partial charge in [0.25, 0.3) is 0 Å². The molecule has 0 aliphatic rings. The summed E-state index contributed by atoms with van der Waals surface area (Å²) in [6.07, 6.45) is 0. The minimum absolute atomic E-state index is 0.263. The van der Waals surface area contributed by atoms with Gasteiger partial charge >= 0.3 is 5.97 Å². The Morgan fingerprint density at radius 2 is 2.05 bits per heavy atom. The van der Waals surface area contributed by atoms with Gasteiger partial charge in [0.15, 0.2) is 0 Å². The molecule has 106 valence electrons. The van der Waals surface area contributed by atoms with Crippen molar-refractivity contribution in [3.63, 3.8) is 0 Å². The third kappa shape index (κ3) is 2.82. The molecule has 0 saturated heterocycles. The number of hydrogen-bond donors (Lipinski definition) is 1. The molecule has 2 heterocycles. The van der Waals surface area contributed by atoms with E-state index in [1.54, 1.807) is 13.0 Å². The number of pyridine rings is 1. The van der Waals surface area contributed by atoms with Gasteiger partial charge in [-0.1, -0.05) is 11.8 Å². The molecular weight excluding hydrogens is 276 g/mol. The van der Waals surface area contributed by atoms with Crippen molar-refractivity contribution in [2.75, 3.05) is 0 Å². The van der Waals surface area contributed by atoms with E-state index in [2.05, 4.69) is 15.2 Å². The van der Waals surface area contributed by atoms with Crippen LogP contribution in [0, 0.1) is 20.8 Å². The maximum absolute atomic E-state index is 11.3. The Kier molecular flexibility index (Phi) is 4.08. The minimum atomic E-state index is -0.952. The summed E-state index contributed by atoms with van der Waals surface area (Å²) in [5.41, 5.74) is 1.80. The SMILES string of the molecule is Cc1cc(C)c(C(=O)O)c(SCc2nnc(C)n2C)n1. The Bertz CT molecular complexity index is 667. The van der Waals surface area contributed by atoms with Crippen LogP contribution in [0.3, 0.4) is 0 Å². The molecule has 0 unspecified atom stereocenters. The van der Waals surface area contributed by atoms with Crippen molar-refractivity contribution in [2.24, 2.45) is 7.05 Å². The number of carbonyl (C=O) groups is 1. The highest BCUT2D eigenvalue weighted by molar-refractivity contribution is 7.98. The van der Waals surface area contributed by atoms with E-state index in [4.69, 9.17) is 0 Å². The predicted molar refractivity (Wildman–Crippen MR) is 76.0 cm³/mol. The summed E-state index contributed by atoms with van der Waals surface area (Å²) >= 11 is 1.37. The largest absolute Gasteiger partial charge is 0.478 e. The highest BCUT2D eigenvalue weighted by Crippen LogP contribution is 2.26. The standard InChI is InChI=1S/C13H16N4O2S/c1-7-5-8(2)14-12(11(7)13(18)19)20-6-10-16-15-9(3)17(10)4/h5H,6H2,1-4H3,(H,18,19). The molecule has 0 saturated carbocycles. The molecule has 0 aromatic carbocycles. The minimum Gasteiger partial charge on any atom is -0.478 e. The van der Waals surface area contributed by atoms with Gasteiger partial charge in [-0.05, 0) is 32.4 Å². The first-order valence-electron chi connectivity index (χ1n) is 6.09. The van der Waals surface area contributed by atoms with Crippen LogP contribution in [0.15, 0.2) is 11.1 Å². The Balaban J connectivity index is 2.29. The van der Waals surface area contributed by atoms with Crippen molar-refractivity contribution in [3.8, 4) is 0 Å². The van der Waals surface area contributed by atoms with Gasteiger partial charge in [-0.2, -0.15) is 0 Å². The van der Waals surface area contributed by atoms with E-state index in [1.807, 2.05) is 25.5 Å². The van der Waals surface area contributed by atoms with Crippen LogP contribution in [0.2, 0.25) is 0 Å². The molecule has 1 N–H and O–H groups in total. The molecule has 0 bridgehead atoms. The molecule has 0 aliphatic carbocycles. The van der Waals surface area contributed by atoms with Gasteiger partial charge in [0.1, 0.15) is 16.7 Å². The Morgan fingerprint density at radius 3 is 2.60 bits per heavy atom. The van der Waals surface area contributed by atoms with E-state index in [0.29, 0.717) is 10.8 Å². The van der Waals surface area contributed by atoms with Crippen LogP contribution in [-0.2, 0) is 12.8 Å². The monoisotopic (exact) mass is 292 g/mol. The van der Waals surface area contributed by atoms with Crippen molar-refractivity contribution in [3.05, 3.63) is 34.5 Å². The number of hydrogen-bond acceptors (Lipinski definition) is 5. The fraction of sp³-hybridized carbons (Fsp3) is 0.385. The summed E-state index contributed by atoms with van der Waals surface area (Å²) in [4.78, 5) is 15.7. The first kappa shape index (κ1) is 14.5. The molecular formula is C13H16N4O2S. The molecule has 0 amide bonds. The van der Waals surface area contributed by atoms with Crippen LogP contribution in [0.1, 0.15) is 33.3 Å². The zero-order valence-electron chi connectivity index (χ0n) is 11.8. The van der Waals surface area contributed by atoms with Crippen molar-refractivity contribution < 1.29 is 9.90 Å². The summed E-state index contributed by atoms with van der Waals surface area (Å²) < 4.78 is 1.89. The average molecular weight is 292 g/mol. The first-order chi connectivity index (χ1) is 9.40. The predicted octanol–water partition coefficient (Wildman–Crippen LogP) is 2.13. The lowest BCUT2D eigenvalue weighted by Gasteiger charge is -2.09. The number of carboxylic acid groups (broad SMARTS) is 1. The van der Waals surface area contributed by atoms with Crippen LogP contribution in [0.5, 0.6) is 0 Å². The zero-order valence-corrected chi connectivity index (χ0v) is 12.7. The number of aromatic nitrogens is 4. The van der Waals surface area contributed by atoms with Crippen LogP contribution in [0.25, 0.3) is 0 Å². The van der Waals surface area contributed by atoms with Gasteiger partial charge < -0.3 is 9.67 Å². The third-order valence-corrected chi connectivity index (χ3v) is 4.02. The first-order valence-corrected chi connectivity index (χ1v) is 7.08. The van der Waals surface area contributed by atoms with E-state index in [0.717, 1.165) is 22.9 Å². The van der Waals surface area contributed by atoms with E-state index in [-0.39, 0.29) is 5.56 Å². The number of rotatable bonds is 4. The molecule has 0 fully saturated rings. The van der Waals surface area contributed by atoms with E-state index in [9.17, 15) is 9.90 Å². The summed E-state index contributed by atoms with van der Waals surface area (Å²) in [5, 5.41) is 17.9. The molecule has 20 heavy (non-hydrogen) atoms. The molecule has 0 spiro atoms. The molecule has 0 radical (unpaired) electrons. The van der Waals surface area contributed by atoms with Gasteiger partial charge in [-0.15, -0.1) is 10.2 Å². The van der Waals surface area contributed by atoms with Crippen molar-refractivity contribution in [2.45, 2.75) is 31.6 Å². The Labute approximate surface area is 121 Å². The highest BCUT2D eigenvalue weighted by Gasteiger charge is 2.17. The van der Waals surface area contributed by atoms with Gasteiger partial charge in [0, 0.05) is 12.7 Å². The number of aryl methyl sites for hydroxylation is 3. The van der Waals surface area contributed by atoms with E-state index in [1.165, 1.54) is 11.8 Å². The van der Waals surface area contributed by atoms with Crippen molar-refractivity contribution in [1.29, 1.82) is 0 Å². The van der Waals surface area contributed by atoms with Gasteiger partial charge in [-0.25, -0.2) is 9.78 Å². The van der Waals surface area contributed by atoms with Crippen molar-refractivity contribution >= 4 is 17.7 Å². The van der Waals surface area contributed by atoms with Crippen LogP contribution in [-0.4, -0.2) is 30.8 Å². The Morgan fingerprint density at radius 1 is 1.35 bits per heavy atom. The summed E-state index contributed by atoms with van der Waals surface area (Å²) in [5.74, 6) is 1.21. The smallest absolute Gasteiger partial charge is 0.338 e. The lowest BCUT2D eigenvalue weighted by atomic mass is 10.1. The average Bonchev–Trinajstić information content (AvgIpc) is 2.66. The zero-order chi connectivity index (χ0) is 14.9. The second kappa shape index (κ2) is 5.62. The molecule has 0 aliphatic heterocycles. The lowest BCUT2D eigenvalue weighted by molar-refractivity contribution is 0.0691. The van der Waals surface area contributed by atoms with Crippen LogP contribution in [0.4, 0.5) is 0 Å². The number of carboxylic acids is 1. The second-order valence-electron chi connectivity index (χ2n) is 4.58. The van der Waals surface area contributed by atoms with Crippen LogP contribution >= 0.6 is 11.8 Å². The normalized spacial score (nSPS) is 10.8. The maximum atomic E-state index is 11.3. The summed E-state index contributed by atoms with van der Waals surface area (Å²) in [6.45, 7) is 5.52. The Hall–Kier alpha value is -1.89. The molecule has 2 aromatic rings.